The molecule has 5 rings (SSSR count). The first-order chi connectivity index (χ1) is 16.7. The molecular formula is C26H24Cl2N2O5. The van der Waals surface area contributed by atoms with E-state index >= 15 is 0 Å². The number of hydrogen-bond donors (Lipinski definition) is 0. The third-order valence-corrected chi connectivity index (χ3v) is 7.99. The Balaban J connectivity index is 1.25. The lowest BCUT2D eigenvalue weighted by Gasteiger charge is -2.25. The highest BCUT2D eigenvalue weighted by atomic mass is 35.5. The zero-order valence-corrected chi connectivity index (χ0v) is 20.6. The van der Waals surface area contributed by atoms with Crippen LogP contribution >= 0.6 is 23.2 Å². The minimum Gasteiger partial charge on any atom is -0.426 e. The maximum atomic E-state index is 12.9. The second-order valence-electron chi connectivity index (χ2n) is 9.54. The molecule has 2 saturated heterocycles. The third-order valence-electron chi connectivity index (χ3n) is 7.18. The Morgan fingerprint density at radius 2 is 1.69 bits per heavy atom. The summed E-state index contributed by atoms with van der Waals surface area (Å²) in [5, 5.41) is 0.583. The zero-order chi connectivity index (χ0) is 24.9. The van der Waals surface area contributed by atoms with Crippen LogP contribution in [0.1, 0.15) is 32.6 Å². The van der Waals surface area contributed by atoms with Gasteiger partial charge in [-0.05, 0) is 61.6 Å². The smallest absolute Gasteiger partial charge is 0.316 e. The van der Waals surface area contributed by atoms with Crippen molar-refractivity contribution in [2.24, 2.45) is 23.7 Å². The van der Waals surface area contributed by atoms with E-state index in [1.165, 1.54) is 9.80 Å². The Labute approximate surface area is 212 Å². The van der Waals surface area contributed by atoms with Crippen molar-refractivity contribution in [1.82, 2.24) is 0 Å². The van der Waals surface area contributed by atoms with E-state index in [1.807, 2.05) is 0 Å². The monoisotopic (exact) mass is 514 g/mol. The van der Waals surface area contributed by atoms with E-state index in [0.717, 1.165) is 19.3 Å². The van der Waals surface area contributed by atoms with E-state index in [0.29, 0.717) is 22.3 Å². The van der Waals surface area contributed by atoms with Crippen LogP contribution in [-0.2, 0) is 19.2 Å². The van der Waals surface area contributed by atoms with Crippen LogP contribution in [0.2, 0.25) is 10.0 Å². The van der Waals surface area contributed by atoms with E-state index in [2.05, 4.69) is 6.92 Å². The van der Waals surface area contributed by atoms with Gasteiger partial charge in [-0.3, -0.25) is 24.1 Å². The molecule has 7 nitrogen and oxygen atoms in total. The van der Waals surface area contributed by atoms with Crippen LogP contribution in [0.3, 0.4) is 0 Å². The number of imide groups is 1. The number of ether oxygens (including phenoxy) is 1. The minimum atomic E-state index is -0.663. The standard InChI is InChI=1S/C26H24Cl2N2O5/c1-14-5-10-18-19(11-14)25(33)30(24(18)32)16-6-8-17(9-7-16)35-26(34)15-12-22(31)29(13-15)21-4-2-3-20(27)23(21)28/h2-4,6-9,14-15,18-19H,5,10-13H2,1H3/t14-,15+,18+,19+/m1/s1. The van der Waals surface area contributed by atoms with Gasteiger partial charge in [0, 0.05) is 13.0 Å². The predicted molar refractivity (Wildman–Crippen MR) is 131 cm³/mol. The molecular weight excluding hydrogens is 491 g/mol. The van der Waals surface area contributed by atoms with Crippen molar-refractivity contribution >= 4 is 58.3 Å². The van der Waals surface area contributed by atoms with Gasteiger partial charge in [0.1, 0.15) is 5.75 Å². The summed E-state index contributed by atoms with van der Waals surface area (Å²) >= 11 is 12.3. The molecule has 35 heavy (non-hydrogen) atoms. The molecule has 0 spiro atoms. The van der Waals surface area contributed by atoms with E-state index in [9.17, 15) is 19.2 Å². The number of carbonyl (C=O) groups excluding carboxylic acids is 4. The van der Waals surface area contributed by atoms with Crippen LogP contribution in [0.15, 0.2) is 42.5 Å². The van der Waals surface area contributed by atoms with Crippen molar-refractivity contribution in [2.45, 2.75) is 32.6 Å². The Morgan fingerprint density at radius 1 is 0.971 bits per heavy atom. The first-order valence-electron chi connectivity index (χ1n) is 11.7. The third kappa shape index (κ3) is 4.32. The molecule has 3 fully saturated rings. The van der Waals surface area contributed by atoms with Crippen LogP contribution in [0.4, 0.5) is 11.4 Å². The van der Waals surface area contributed by atoms with Gasteiger partial charge >= 0.3 is 5.97 Å². The average Bonchev–Trinajstić information content (AvgIpc) is 3.33. The Bertz CT molecular complexity index is 1210. The van der Waals surface area contributed by atoms with Crippen molar-refractivity contribution in [3.8, 4) is 5.75 Å². The highest BCUT2D eigenvalue weighted by molar-refractivity contribution is 6.44. The largest absolute Gasteiger partial charge is 0.426 e. The quantitative estimate of drug-likeness (QED) is 0.330. The number of esters is 1. The molecule has 4 atom stereocenters. The highest BCUT2D eigenvalue weighted by Crippen LogP contribution is 2.42. The summed E-state index contributed by atoms with van der Waals surface area (Å²) in [4.78, 5) is 53.8. The summed E-state index contributed by atoms with van der Waals surface area (Å²) in [7, 11) is 0. The maximum absolute atomic E-state index is 12.9. The van der Waals surface area contributed by atoms with Gasteiger partial charge < -0.3 is 9.64 Å². The molecule has 3 amide bonds. The molecule has 0 bridgehead atoms. The highest BCUT2D eigenvalue weighted by Gasteiger charge is 2.50. The Hall–Kier alpha value is -2.90. The number of fused-ring (bicyclic) bond motifs is 1. The fourth-order valence-electron chi connectivity index (χ4n) is 5.31. The number of anilines is 2. The topological polar surface area (TPSA) is 84.0 Å². The molecule has 0 N–H and O–H groups in total. The zero-order valence-electron chi connectivity index (χ0n) is 19.1. The fraction of sp³-hybridized carbons (Fsp3) is 0.385. The van der Waals surface area contributed by atoms with E-state index in [-0.39, 0.29) is 53.3 Å². The normalized spacial score (nSPS) is 26.3. The molecule has 2 aromatic rings. The number of rotatable bonds is 4. The van der Waals surface area contributed by atoms with Gasteiger partial charge in [0.15, 0.2) is 0 Å². The lowest BCUT2D eigenvalue weighted by atomic mass is 9.76. The van der Waals surface area contributed by atoms with Crippen molar-refractivity contribution < 1.29 is 23.9 Å². The molecule has 0 unspecified atom stereocenters. The average molecular weight is 515 g/mol. The van der Waals surface area contributed by atoms with Gasteiger partial charge in [-0.25, -0.2) is 0 Å². The van der Waals surface area contributed by atoms with Gasteiger partial charge in [0.05, 0.1) is 39.2 Å². The SMILES string of the molecule is C[C@@H]1CC[C@@H]2C(=O)N(c3ccc(OC(=O)[C@H]4CC(=O)N(c5cccc(Cl)c5Cl)C4)cc3)C(=O)[C@H]2C1. The van der Waals surface area contributed by atoms with E-state index in [1.54, 1.807) is 42.5 Å². The van der Waals surface area contributed by atoms with Gasteiger partial charge in [-0.1, -0.05) is 36.2 Å². The lowest BCUT2D eigenvalue weighted by Crippen LogP contribution is -2.30. The van der Waals surface area contributed by atoms with Crippen molar-refractivity contribution in [1.29, 1.82) is 0 Å². The van der Waals surface area contributed by atoms with Gasteiger partial charge in [0.25, 0.3) is 0 Å². The second kappa shape index (κ2) is 9.28. The van der Waals surface area contributed by atoms with Gasteiger partial charge in [-0.15, -0.1) is 0 Å². The number of carbonyl (C=O) groups is 4. The van der Waals surface area contributed by atoms with Crippen molar-refractivity contribution in [3.63, 3.8) is 0 Å². The van der Waals surface area contributed by atoms with Crippen LogP contribution < -0.4 is 14.5 Å². The molecule has 0 radical (unpaired) electrons. The number of nitrogens with zero attached hydrogens (tertiary/aromatic N) is 2. The fourth-order valence-corrected chi connectivity index (χ4v) is 5.70. The Morgan fingerprint density at radius 3 is 2.43 bits per heavy atom. The van der Waals surface area contributed by atoms with Crippen LogP contribution in [0.5, 0.6) is 5.75 Å². The summed E-state index contributed by atoms with van der Waals surface area (Å²) in [5.74, 6) is -1.54. The van der Waals surface area contributed by atoms with Crippen molar-refractivity contribution in [3.05, 3.63) is 52.5 Å². The predicted octanol–water partition coefficient (Wildman–Crippen LogP) is 4.88. The number of benzene rings is 2. The lowest BCUT2D eigenvalue weighted by molar-refractivity contribution is -0.139. The summed E-state index contributed by atoms with van der Waals surface area (Å²) in [6.07, 6.45) is 2.42. The number of halogens is 2. The molecule has 0 aromatic heterocycles. The maximum Gasteiger partial charge on any atom is 0.316 e. The molecule has 2 aliphatic heterocycles. The molecule has 1 aliphatic carbocycles. The summed E-state index contributed by atoms with van der Waals surface area (Å²) in [6, 6.07) is 11.3. The minimum absolute atomic E-state index is 0.00224. The first kappa shape index (κ1) is 23.8. The van der Waals surface area contributed by atoms with Crippen molar-refractivity contribution in [2.75, 3.05) is 16.3 Å². The molecule has 2 aromatic carbocycles. The van der Waals surface area contributed by atoms with Gasteiger partial charge in [0.2, 0.25) is 17.7 Å². The molecule has 9 heteroatoms. The molecule has 182 valence electrons. The first-order valence-corrected chi connectivity index (χ1v) is 12.4. The molecule has 1 saturated carbocycles. The molecule has 2 heterocycles. The second-order valence-corrected chi connectivity index (χ2v) is 10.3. The summed E-state index contributed by atoms with van der Waals surface area (Å²) in [5.41, 5.74) is 0.929. The molecule has 3 aliphatic rings. The van der Waals surface area contributed by atoms with E-state index < -0.39 is 11.9 Å². The van der Waals surface area contributed by atoms with E-state index in [4.69, 9.17) is 27.9 Å². The van der Waals surface area contributed by atoms with Crippen LogP contribution in [0.25, 0.3) is 0 Å². The van der Waals surface area contributed by atoms with Gasteiger partial charge in [-0.2, -0.15) is 0 Å². The van der Waals surface area contributed by atoms with Crippen LogP contribution in [0, 0.1) is 23.7 Å². The summed E-state index contributed by atoms with van der Waals surface area (Å²) < 4.78 is 5.50. The summed E-state index contributed by atoms with van der Waals surface area (Å²) in [6.45, 7) is 2.24. The Kier molecular flexibility index (Phi) is 6.32. The number of amides is 3. The number of hydrogen-bond acceptors (Lipinski definition) is 5. The van der Waals surface area contributed by atoms with Crippen LogP contribution in [-0.4, -0.2) is 30.2 Å².